The van der Waals surface area contributed by atoms with Crippen molar-refractivity contribution in [3.8, 4) is 0 Å². The Bertz CT molecular complexity index is 1120. The molecular formula is C21H26N4O3S. The first kappa shape index (κ1) is 21.0. The maximum atomic E-state index is 12.4. The minimum atomic E-state index is -3.51. The minimum Gasteiger partial charge on any atom is -0.352 e. The number of para-hydroxylation sites is 2. The molecule has 29 heavy (non-hydrogen) atoms. The summed E-state index contributed by atoms with van der Waals surface area (Å²) < 4.78 is 27.6. The molecule has 3 rings (SSSR count). The van der Waals surface area contributed by atoms with Crippen molar-refractivity contribution in [2.24, 2.45) is 0 Å². The van der Waals surface area contributed by atoms with E-state index in [1.807, 2.05) is 24.3 Å². The van der Waals surface area contributed by atoms with Crippen molar-refractivity contribution in [2.45, 2.75) is 31.2 Å². The highest BCUT2D eigenvalue weighted by Gasteiger charge is 2.18. The van der Waals surface area contributed by atoms with Crippen LogP contribution < -0.4 is 5.32 Å². The average Bonchev–Trinajstić information content (AvgIpc) is 3.06. The molecule has 1 amide bonds. The fourth-order valence-corrected chi connectivity index (χ4v) is 4.13. The number of hydrogen-bond donors (Lipinski definition) is 1. The fourth-order valence-electron chi connectivity index (χ4n) is 3.23. The van der Waals surface area contributed by atoms with Crippen molar-refractivity contribution < 1.29 is 13.2 Å². The van der Waals surface area contributed by atoms with Gasteiger partial charge >= 0.3 is 0 Å². The standard InChI is InChI=1S/C21H26N4O3S/c1-15(2)25-19-8-6-5-7-18(19)23-20(25)13-14-22-21(26)16-9-11-17(12-10-16)29(27,28)24(3)4/h5-12,15H,13-14H2,1-4H3,(H,22,26). The molecule has 0 saturated heterocycles. The van der Waals surface area contributed by atoms with Crippen LogP contribution in [0.3, 0.4) is 0 Å². The normalized spacial score (nSPS) is 12.1. The molecule has 0 bridgehead atoms. The highest BCUT2D eigenvalue weighted by molar-refractivity contribution is 7.89. The molecule has 0 spiro atoms. The number of hydrogen-bond acceptors (Lipinski definition) is 4. The van der Waals surface area contributed by atoms with Gasteiger partial charge in [0.2, 0.25) is 10.0 Å². The van der Waals surface area contributed by atoms with Gasteiger partial charge in [-0.1, -0.05) is 12.1 Å². The zero-order valence-electron chi connectivity index (χ0n) is 17.1. The van der Waals surface area contributed by atoms with Crippen LogP contribution in [0.15, 0.2) is 53.4 Å². The Hall–Kier alpha value is -2.71. The monoisotopic (exact) mass is 414 g/mol. The number of carbonyl (C=O) groups is 1. The van der Waals surface area contributed by atoms with E-state index < -0.39 is 10.0 Å². The number of nitrogens with one attached hydrogen (secondary N) is 1. The van der Waals surface area contributed by atoms with Gasteiger partial charge < -0.3 is 9.88 Å². The van der Waals surface area contributed by atoms with E-state index in [4.69, 9.17) is 4.98 Å². The second kappa shape index (κ2) is 8.34. The molecule has 0 fully saturated rings. The van der Waals surface area contributed by atoms with Crippen molar-refractivity contribution in [2.75, 3.05) is 20.6 Å². The largest absolute Gasteiger partial charge is 0.352 e. The van der Waals surface area contributed by atoms with E-state index in [-0.39, 0.29) is 16.8 Å². The Kier molecular flexibility index (Phi) is 6.04. The topological polar surface area (TPSA) is 84.3 Å². The summed E-state index contributed by atoms with van der Waals surface area (Å²) in [7, 11) is -0.562. The lowest BCUT2D eigenvalue weighted by molar-refractivity contribution is 0.0954. The molecule has 0 aliphatic heterocycles. The summed E-state index contributed by atoms with van der Waals surface area (Å²) >= 11 is 0. The minimum absolute atomic E-state index is 0.157. The van der Waals surface area contributed by atoms with Gasteiger partial charge in [-0.15, -0.1) is 0 Å². The quantitative estimate of drug-likeness (QED) is 0.644. The van der Waals surface area contributed by atoms with Crippen molar-refractivity contribution in [3.05, 3.63) is 59.9 Å². The van der Waals surface area contributed by atoms with Crippen LogP contribution in [0.2, 0.25) is 0 Å². The van der Waals surface area contributed by atoms with Gasteiger partial charge in [0.25, 0.3) is 5.91 Å². The third kappa shape index (κ3) is 4.33. The molecule has 154 valence electrons. The molecule has 0 radical (unpaired) electrons. The third-order valence-electron chi connectivity index (χ3n) is 4.71. The first-order valence-electron chi connectivity index (χ1n) is 9.48. The molecule has 7 nitrogen and oxygen atoms in total. The maximum Gasteiger partial charge on any atom is 0.251 e. The highest BCUT2D eigenvalue weighted by atomic mass is 32.2. The number of fused-ring (bicyclic) bond motifs is 1. The molecule has 1 heterocycles. The first-order chi connectivity index (χ1) is 13.7. The Morgan fingerprint density at radius 2 is 1.76 bits per heavy atom. The van der Waals surface area contributed by atoms with E-state index in [0.29, 0.717) is 18.5 Å². The van der Waals surface area contributed by atoms with Crippen molar-refractivity contribution in [1.82, 2.24) is 19.2 Å². The van der Waals surface area contributed by atoms with Crippen LogP contribution in [-0.2, 0) is 16.4 Å². The van der Waals surface area contributed by atoms with Crippen molar-refractivity contribution in [1.29, 1.82) is 0 Å². The number of carbonyl (C=O) groups excluding carboxylic acids is 1. The van der Waals surface area contributed by atoms with Gasteiger partial charge in [0.1, 0.15) is 5.82 Å². The van der Waals surface area contributed by atoms with Gasteiger partial charge in [-0.3, -0.25) is 4.79 Å². The number of rotatable bonds is 7. The average molecular weight is 415 g/mol. The van der Waals surface area contributed by atoms with E-state index in [1.54, 1.807) is 0 Å². The van der Waals surface area contributed by atoms with E-state index in [1.165, 1.54) is 38.4 Å². The summed E-state index contributed by atoms with van der Waals surface area (Å²) in [5, 5.41) is 2.89. The fraction of sp³-hybridized carbons (Fsp3) is 0.333. The Labute approximate surface area is 171 Å². The summed E-state index contributed by atoms with van der Waals surface area (Å²) in [6.45, 7) is 4.66. The van der Waals surface area contributed by atoms with Crippen LogP contribution >= 0.6 is 0 Å². The zero-order valence-corrected chi connectivity index (χ0v) is 17.9. The van der Waals surface area contributed by atoms with E-state index in [2.05, 4.69) is 23.7 Å². The van der Waals surface area contributed by atoms with Crippen molar-refractivity contribution >= 4 is 27.0 Å². The van der Waals surface area contributed by atoms with Crippen LogP contribution in [0.25, 0.3) is 11.0 Å². The molecule has 1 N–H and O–H groups in total. The lowest BCUT2D eigenvalue weighted by atomic mass is 10.2. The van der Waals surface area contributed by atoms with Gasteiger partial charge in [0.05, 0.1) is 15.9 Å². The smallest absolute Gasteiger partial charge is 0.251 e. The highest BCUT2D eigenvalue weighted by Crippen LogP contribution is 2.21. The number of amides is 1. The van der Waals surface area contributed by atoms with Gasteiger partial charge in [0.15, 0.2) is 0 Å². The molecule has 0 atom stereocenters. The summed E-state index contributed by atoms with van der Waals surface area (Å²) in [5.74, 6) is 0.680. The first-order valence-corrected chi connectivity index (χ1v) is 10.9. The maximum absolute atomic E-state index is 12.4. The molecular weight excluding hydrogens is 388 g/mol. The zero-order chi connectivity index (χ0) is 21.2. The molecule has 3 aromatic rings. The number of sulfonamides is 1. The molecule has 0 unspecified atom stereocenters. The lowest BCUT2D eigenvalue weighted by Gasteiger charge is -2.13. The molecule has 1 aromatic heterocycles. The summed E-state index contributed by atoms with van der Waals surface area (Å²) in [6.07, 6.45) is 0.603. The van der Waals surface area contributed by atoms with Crippen molar-refractivity contribution in [3.63, 3.8) is 0 Å². The van der Waals surface area contributed by atoms with E-state index >= 15 is 0 Å². The molecule has 8 heteroatoms. The predicted octanol–water partition coefficient (Wildman–Crippen LogP) is 2.84. The van der Waals surface area contributed by atoms with E-state index in [9.17, 15) is 13.2 Å². The second-order valence-electron chi connectivity index (χ2n) is 7.30. The van der Waals surface area contributed by atoms with Gasteiger partial charge in [-0.05, 0) is 50.2 Å². The molecule has 2 aromatic carbocycles. The summed E-state index contributed by atoms with van der Waals surface area (Å²) in [4.78, 5) is 17.3. The van der Waals surface area contributed by atoms with Crippen LogP contribution in [0.5, 0.6) is 0 Å². The molecule has 0 saturated carbocycles. The molecule has 0 aliphatic rings. The number of benzene rings is 2. The lowest BCUT2D eigenvalue weighted by Crippen LogP contribution is -2.27. The predicted molar refractivity (Wildman–Crippen MR) is 113 cm³/mol. The Morgan fingerprint density at radius 3 is 2.38 bits per heavy atom. The van der Waals surface area contributed by atoms with Gasteiger partial charge in [0, 0.05) is 38.7 Å². The number of nitrogens with zero attached hydrogens (tertiary/aromatic N) is 3. The van der Waals surface area contributed by atoms with Crippen LogP contribution in [0, 0.1) is 0 Å². The summed E-state index contributed by atoms with van der Waals surface area (Å²) in [6, 6.07) is 14.2. The van der Waals surface area contributed by atoms with Crippen LogP contribution in [-0.4, -0.2) is 48.8 Å². The Balaban J connectivity index is 1.68. The summed E-state index contributed by atoms with van der Waals surface area (Å²) in [5.41, 5.74) is 2.45. The third-order valence-corrected chi connectivity index (χ3v) is 6.54. The second-order valence-corrected chi connectivity index (χ2v) is 9.45. The number of aromatic nitrogens is 2. The van der Waals surface area contributed by atoms with E-state index in [0.717, 1.165) is 21.2 Å². The molecule has 0 aliphatic carbocycles. The number of imidazole rings is 1. The van der Waals surface area contributed by atoms with Gasteiger partial charge in [-0.2, -0.15) is 0 Å². The Morgan fingerprint density at radius 1 is 1.10 bits per heavy atom. The van der Waals surface area contributed by atoms with Crippen LogP contribution in [0.4, 0.5) is 0 Å². The SMILES string of the molecule is CC(C)n1c(CCNC(=O)c2ccc(S(=O)(=O)N(C)C)cc2)nc2ccccc21. The van der Waals surface area contributed by atoms with Crippen LogP contribution in [0.1, 0.15) is 36.1 Å². The van der Waals surface area contributed by atoms with Gasteiger partial charge in [-0.25, -0.2) is 17.7 Å².